The van der Waals surface area contributed by atoms with Gasteiger partial charge in [0.05, 0.1) is 15.4 Å². The average Bonchev–Trinajstić information content (AvgIpc) is 2.45. The fraction of sp³-hybridized carbons (Fsp3) is 0.333. The van der Waals surface area contributed by atoms with Crippen molar-refractivity contribution in [1.29, 1.82) is 0 Å². The number of nitrogens with zero attached hydrogens (tertiary/aromatic N) is 2. The summed E-state index contributed by atoms with van der Waals surface area (Å²) in [5.41, 5.74) is -4.48. The molecule has 0 atom stereocenters. The third-order valence-electron chi connectivity index (χ3n) is 2.42. The highest BCUT2D eigenvalue weighted by Gasteiger charge is 2.41. The summed E-state index contributed by atoms with van der Waals surface area (Å²) in [4.78, 5) is 19.1. The number of phosphoric ester groups is 1. The number of hydrogen-bond acceptors (Lipinski definition) is 8. The molecule has 0 saturated heterocycles. The fourth-order valence-electron chi connectivity index (χ4n) is 1.39. The smallest absolute Gasteiger partial charge is 0.389 e. The van der Waals surface area contributed by atoms with Crippen LogP contribution in [0.2, 0.25) is 0 Å². The van der Waals surface area contributed by atoms with Crippen LogP contribution in [0.3, 0.4) is 0 Å². The molecule has 0 N–H and O–H groups in total. The average molecular weight is 360 g/mol. The standard InChI is InChI=1S/C9H8F3N2O8P/c1-20-23(19,21-2)22-8-6(13(15)16)3-5(9(10,11)12)4-7(8)14(17)18/h3-4H,1-2H3. The van der Waals surface area contributed by atoms with E-state index in [1.807, 2.05) is 0 Å². The second-order valence-electron chi connectivity index (χ2n) is 3.76. The van der Waals surface area contributed by atoms with Crippen LogP contribution in [0.25, 0.3) is 0 Å². The van der Waals surface area contributed by atoms with Crippen LogP contribution in [-0.4, -0.2) is 24.1 Å². The van der Waals surface area contributed by atoms with Gasteiger partial charge >= 0.3 is 25.4 Å². The van der Waals surface area contributed by atoms with E-state index in [0.29, 0.717) is 0 Å². The molecule has 0 aliphatic heterocycles. The van der Waals surface area contributed by atoms with Crippen molar-refractivity contribution in [2.24, 2.45) is 0 Å². The van der Waals surface area contributed by atoms with Crippen LogP contribution in [0.5, 0.6) is 5.75 Å². The molecule has 0 amide bonds. The van der Waals surface area contributed by atoms with Gasteiger partial charge in [-0.2, -0.15) is 13.2 Å². The van der Waals surface area contributed by atoms with Crippen LogP contribution in [0.15, 0.2) is 12.1 Å². The molecule has 0 aliphatic rings. The van der Waals surface area contributed by atoms with Crippen molar-refractivity contribution in [3.63, 3.8) is 0 Å². The molecule has 0 fully saturated rings. The second kappa shape index (κ2) is 6.48. The first-order valence-electron chi connectivity index (χ1n) is 5.40. The van der Waals surface area contributed by atoms with Crippen molar-refractivity contribution < 1.29 is 41.2 Å². The first-order valence-corrected chi connectivity index (χ1v) is 6.86. The summed E-state index contributed by atoms with van der Waals surface area (Å²) in [6.07, 6.45) is -5.08. The SMILES string of the molecule is COP(=O)(OC)Oc1c([N+](=O)[O-])cc(C(F)(F)F)cc1[N+](=O)[O-]. The van der Waals surface area contributed by atoms with E-state index in [0.717, 1.165) is 14.2 Å². The Labute approximate surface area is 125 Å². The van der Waals surface area contributed by atoms with E-state index in [-0.39, 0.29) is 12.1 Å². The van der Waals surface area contributed by atoms with E-state index in [4.69, 9.17) is 0 Å². The Morgan fingerprint density at radius 2 is 1.43 bits per heavy atom. The summed E-state index contributed by atoms with van der Waals surface area (Å²) < 4.78 is 63.0. The van der Waals surface area contributed by atoms with Gasteiger partial charge in [-0.25, -0.2) is 4.57 Å². The van der Waals surface area contributed by atoms with Gasteiger partial charge in [0.2, 0.25) is 0 Å². The van der Waals surface area contributed by atoms with Crippen molar-refractivity contribution in [2.75, 3.05) is 14.2 Å². The lowest BCUT2D eigenvalue weighted by Crippen LogP contribution is -2.09. The highest BCUT2D eigenvalue weighted by atomic mass is 31.2. The third-order valence-corrected chi connectivity index (χ3v) is 3.72. The van der Waals surface area contributed by atoms with Crippen LogP contribution in [-0.2, 0) is 19.8 Å². The van der Waals surface area contributed by atoms with E-state index < -0.39 is 46.5 Å². The minimum Gasteiger partial charge on any atom is -0.389 e. The van der Waals surface area contributed by atoms with Crippen LogP contribution in [0, 0.1) is 20.2 Å². The minimum absolute atomic E-state index is 0.0119. The van der Waals surface area contributed by atoms with Gasteiger partial charge in [-0.05, 0) is 0 Å². The zero-order chi connectivity index (χ0) is 18.0. The van der Waals surface area contributed by atoms with Crippen LogP contribution in [0.4, 0.5) is 24.5 Å². The lowest BCUT2D eigenvalue weighted by molar-refractivity contribution is -0.395. The first-order chi connectivity index (χ1) is 10.4. The lowest BCUT2D eigenvalue weighted by atomic mass is 10.1. The van der Waals surface area contributed by atoms with Crippen LogP contribution >= 0.6 is 7.82 Å². The molecule has 1 aromatic carbocycles. The molecule has 0 saturated carbocycles. The molecule has 0 bridgehead atoms. The van der Waals surface area contributed by atoms with Crippen LogP contribution in [0.1, 0.15) is 5.56 Å². The van der Waals surface area contributed by atoms with E-state index in [1.54, 1.807) is 0 Å². The molecule has 0 aliphatic carbocycles. The summed E-state index contributed by atoms with van der Waals surface area (Å²) >= 11 is 0. The summed E-state index contributed by atoms with van der Waals surface area (Å²) in [7, 11) is -2.86. The van der Waals surface area contributed by atoms with Gasteiger partial charge in [-0.1, -0.05) is 0 Å². The molecule has 0 heterocycles. The maximum atomic E-state index is 12.7. The van der Waals surface area contributed by atoms with Crippen molar-refractivity contribution in [3.05, 3.63) is 37.9 Å². The Hall–Kier alpha value is -2.24. The summed E-state index contributed by atoms with van der Waals surface area (Å²) in [5.74, 6) is -1.28. The van der Waals surface area contributed by atoms with Gasteiger partial charge in [0.25, 0.3) is 5.75 Å². The Balaban J connectivity index is 3.69. The maximum Gasteiger partial charge on any atom is 0.530 e. The number of phosphoric acid groups is 1. The highest BCUT2D eigenvalue weighted by molar-refractivity contribution is 7.48. The number of nitro groups is 2. The van der Waals surface area contributed by atoms with Gasteiger partial charge in [-0.3, -0.25) is 29.3 Å². The third kappa shape index (κ3) is 4.15. The minimum atomic E-state index is -5.08. The van der Waals surface area contributed by atoms with Gasteiger partial charge in [-0.15, -0.1) is 0 Å². The normalized spacial score (nSPS) is 12.0. The highest BCUT2D eigenvalue weighted by Crippen LogP contribution is 2.53. The number of nitro benzene ring substituents is 2. The Bertz CT molecular complexity index is 649. The molecular formula is C9H8F3N2O8P. The van der Waals surface area contributed by atoms with Gasteiger partial charge in [0, 0.05) is 26.4 Å². The second-order valence-corrected chi connectivity index (χ2v) is 5.57. The molecule has 0 spiro atoms. The Morgan fingerprint density at radius 1 is 1.04 bits per heavy atom. The summed E-state index contributed by atoms with van der Waals surface area (Å²) in [6.45, 7) is 0. The molecule has 14 heteroatoms. The number of rotatable bonds is 6. The Kier molecular flexibility index (Phi) is 5.30. The summed E-state index contributed by atoms with van der Waals surface area (Å²) in [6, 6.07) is 0.0238. The predicted octanol–water partition coefficient (Wildman–Crippen LogP) is 3.30. The number of benzene rings is 1. The van der Waals surface area contributed by atoms with Gasteiger partial charge in [0.15, 0.2) is 0 Å². The molecule has 0 aromatic heterocycles. The predicted molar refractivity (Wildman–Crippen MR) is 67.0 cm³/mol. The Morgan fingerprint density at radius 3 is 1.70 bits per heavy atom. The fourth-order valence-corrected chi connectivity index (χ4v) is 2.10. The molecular weight excluding hydrogens is 352 g/mol. The number of alkyl halides is 3. The quantitative estimate of drug-likeness (QED) is 0.429. The zero-order valence-corrected chi connectivity index (χ0v) is 12.3. The lowest BCUT2D eigenvalue weighted by Gasteiger charge is -2.15. The molecule has 1 aromatic rings. The van der Waals surface area contributed by atoms with Crippen molar-refractivity contribution >= 4 is 19.2 Å². The van der Waals surface area contributed by atoms with Crippen molar-refractivity contribution in [2.45, 2.75) is 6.18 Å². The molecule has 0 unspecified atom stereocenters. The van der Waals surface area contributed by atoms with E-state index in [2.05, 4.69) is 13.6 Å². The van der Waals surface area contributed by atoms with Crippen LogP contribution < -0.4 is 4.52 Å². The number of halogens is 3. The molecule has 0 radical (unpaired) electrons. The monoisotopic (exact) mass is 360 g/mol. The van der Waals surface area contributed by atoms with Gasteiger partial charge < -0.3 is 4.52 Å². The van der Waals surface area contributed by atoms with E-state index >= 15 is 0 Å². The zero-order valence-electron chi connectivity index (χ0n) is 11.4. The topological polar surface area (TPSA) is 131 Å². The molecule has 128 valence electrons. The largest absolute Gasteiger partial charge is 0.530 e. The van der Waals surface area contributed by atoms with E-state index in [9.17, 15) is 38.0 Å². The van der Waals surface area contributed by atoms with Crippen molar-refractivity contribution in [3.8, 4) is 5.75 Å². The molecule has 10 nitrogen and oxygen atoms in total. The summed E-state index contributed by atoms with van der Waals surface area (Å²) in [5, 5.41) is 21.8. The first kappa shape index (κ1) is 18.8. The van der Waals surface area contributed by atoms with Gasteiger partial charge in [0.1, 0.15) is 0 Å². The maximum absolute atomic E-state index is 12.7. The van der Waals surface area contributed by atoms with E-state index in [1.165, 1.54) is 0 Å². The molecule has 1 rings (SSSR count). The van der Waals surface area contributed by atoms with Crippen molar-refractivity contribution in [1.82, 2.24) is 0 Å². The molecule has 23 heavy (non-hydrogen) atoms. The number of hydrogen-bond donors (Lipinski definition) is 0.